The first-order valence-electron chi connectivity index (χ1n) is 27.0. The topological polar surface area (TPSA) is 58.5 Å². The van der Waals surface area contributed by atoms with Gasteiger partial charge in [-0.1, -0.05) is 182 Å². The van der Waals surface area contributed by atoms with Crippen LogP contribution in [-0.4, -0.2) is 9.97 Å². The largest absolute Gasteiger partial charge is 0.435 e. The predicted molar refractivity (Wildman–Crippen MR) is 323 cm³/mol. The molecule has 2 heterocycles. The molecule has 0 amide bonds. The quantitative estimate of drug-likeness (QED) is 0.151. The van der Waals surface area contributed by atoms with Crippen LogP contribution < -0.4 is 9.80 Å². The Balaban J connectivity index is 1.10. The van der Waals surface area contributed by atoms with Crippen LogP contribution in [-0.2, 0) is 5.41 Å². The normalized spacial score (nSPS) is 12.8. The molecular weight excluding hydrogens is 965 g/mol. The molecule has 0 N–H and O–H groups in total. The van der Waals surface area contributed by atoms with E-state index in [4.69, 9.17) is 18.8 Å². The highest BCUT2D eigenvalue weighted by atomic mass is 16.4. The van der Waals surface area contributed by atoms with Crippen molar-refractivity contribution in [2.24, 2.45) is 0 Å². The van der Waals surface area contributed by atoms with Crippen LogP contribution in [0, 0.1) is 13.8 Å². The fourth-order valence-corrected chi connectivity index (χ4v) is 13.0. The van der Waals surface area contributed by atoms with Gasteiger partial charge in [0.25, 0.3) is 0 Å². The lowest BCUT2D eigenvalue weighted by Gasteiger charge is -2.33. The summed E-state index contributed by atoms with van der Waals surface area (Å²) in [5.74, 6) is 1.09. The Morgan fingerprint density at radius 1 is 0.316 bits per heavy atom. The second kappa shape index (κ2) is 17.4. The van der Waals surface area contributed by atoms with Gasteiger partial charge in [0.2, 0.25) is 11.8 Å². The Morgan fingerprint density at radius 3 is 1.11 bits per heavy atom. The van der Waals surface area contributed by atoms with Gasteiger partial charge in [0, 0.05) is 45.0 Å². The van der Waals surface area contributed by atoms with E-state index >= 15 is 0 Å². The van der Waals surface area contributed by atoms with Crippen LogP contribution >= 0.6 is 0 Å². The van der Waals surface area contributed by atoms with E-state index in [1.54, 1.807) is 0 Å². The number of benzene rings is 12. The van der Waals surface area contributed by atoms with Gasteiger partial charge in [-0.05, 0) is 153 Å². The summed E-state index contributed by atoms with van der Waals surface area (Å²) in [6.07, 6.45) is 0. The lowest BCUT2D eigenvalue weighted by molar-refractivity contribution is 0.616. The number of aryl methyl sites for hydroxylation is 2. The van der Waals surface area contributed by atoms with Crippen LogP contribution in [0.5, 0.6) is 0 Å². The molecule has 6 heteroatoms. The molecule has 1 spiro atoms. The molecule has 0 saturated carbocycles. The minimum absolute atomic E-state index is 0.543. The number of hydrogen-bond acceptors (Lipinski definition) is 6. The molecule has 372 valence electrons. The molecule has 6 nitrogen and oxygen atoms in total. The van der Waals surface area contributed by atoms with Gasteiger partial charge in [0.05, 0.1) is 16.8 Å². The molecular formula is C73H48N4O2. The zero-order chi connectivity index (χ0) is 52.3. The van der Waals surface area contributed by atoms with Crippen molar-refractivity contribution in [1.29, 1.82) is 0 Å². The van der Waals surface area contributed by atoms with Crippen LogP contribution in [0.15, 0.2) is 264 Å². The van der Waals surface area contributed by atoms with E-state index in [2.05, 4.69) is 278 Å². The van der Waals surface area contributed by atoms with E-state index in [9.17, 15) is 0 Å². The molecule has 14 aromatic rings. The van der Waals surface area contributed by atoms with Crippen LogP contribution in [0.25, 0.3) is 88.9 Å². The van der Waals surface area contributed by atoms with Gasteiger partial charge >= 0.3 is 0 Å². The van der Waals surface area contributed by atoms with E-state index < -0.39 is 5.41 Å². The Kier molecular flexibility index (Phi) is 9.88. The number of hydrogen-bond donors (Lipinski definition) is 0. The Bertz CT molecular complexity index is 4480. The first kappa shape index (κ1) is 44.9. The zero-order valence-corrected chi connectivity index (χ0v) is 43.4. The molecule has 0 saturated heterocycles. The highest BCUT2D eigenvalue weighted by Crippen LogP contribution is 2.67. The van der Waals surface area contributed by atoms with Gasteiger partial charge in [0.1, 0.15) is 11.0 Å². The molecule has 0 unspecified atom stereocenters. The average Bonchev–Trinajstić information content (AvgIpc) is 3.43. The summed E-state index contributed by atoms with van der Waals surface area (Å²) in [6.45, 7) is 4.25. The molecule has 12 aromatic carbocycles. The molecule has 2 aliphatic carbocycles. The van der Waals surface area contributed by atoms with Gasteiger partial charge in [-0.25, -0.2) is 9.97 Å². The molecule has 0 atom stereocenters. The maximum atomic E-state index is 7.55. The highest BCUT2D eigenvalue weighted by molar-refractivity contribution is 6.16. The van der Waals surface area contributed by atoms with E-state index in [0.29, 0.717) is 22.9 Å². The lowest BCUT2D eigenvalue weighted by atomic mass is 9.70. The minimum atomic E-state index is -0.896. The van der Waals surface area contributed by atoms with Crippen LogP contribution in [0.2, 0.25) is 0 Å². The summed E-state index contributed by atoms with van der Waals surface area (Å²) in [5.41, 5.74) is 20.4. The fourth-order valence-electron chi connectivity index (χ4n) is 13.0. The molecule has 0 aliphatic heterocycles. The number of oxazole rings is 2. The van der Waals surface area contributed by atoms with Gasteiger partial charge in [0.15, 0.2) is 11.2 Å². The number of nitrogens with zero attached hydrogens (tertiary/aromatic N) is 4. The lowest BCUT2D eigenvalue weighted by Crippen LogP contribution is -2.26. The van der Waals surface area contributed by atoms with Crippen LogP contribution in [0.1, 0.15) is 33.4 Å². The van der Waals surface area contributed by atoms with Gasteiger partial charge < -0.3 is 18.6 Å². The molecule has 79 heavy (non-hydrogen) atoms. The highest BCUT2D eigenvalue weighted by Gasteiger charge is 2.55. The van der Waals surface area contributed by atoms with Crippen molar-refractivity contribution in [2.45, 2.75) is 19.3 Å². The maximum Gasteiger partial charge on any atom is 0.227 e. The molecule has 0 radical (unpaired) electrons. The SMILES string of the molecule is Cc1ccccc1-c1nc2c(N(c3ccccc3)c3ccc4ccccc4c3)cc3c(c2o1)-c1c(cc(N(c2ccccc2)c2ccc4ccccc4c2)c2nc(-c4ccccc4C)oc12)C31c2ccccc2-c2ccccc21. The summed E-state index contributed by atoms with van der Waals surface area (Å²) in [6, 6.07) is 91.4. The molecule has 0 fully saturated rings. The third-order valence-electron chi connectivity index (χ3n) is 16.5. The van der Waals surface area contributed by atoms with Crippen molar-refractivity contribution < 1.29 is 8.83 Å². The average molecular weight is 1010 g/mol. The van der Waals surface area contributed by atoms with E-state index in [0.717, 1.165) is 100 Å². The third-order valence-corrected chi connectivity index (χ3v) is 16.5. The van der Waals surface area contributed by atoms with Crippen molar-refractivity contribution in [3.05, 3.63) is 288 Å². The van der Waals surface area contributed by atoms with Crippen molar-refractivity contribution >= 4 is 77.9 Å². The monoisotopic (exact) mass is 1010 g/mol. The summed E-state index contributed by atoms with van der Waals surface area (Å²) in [5, 5.41) is 4.61. The van der Waals surface area contributed by atoms with Crippen LogP contribution in [0.3, 0.4) is 0 Å². The van der Waals surface area contributed by atoms with Gasteiger partial charge in [-0.2, -0.15) is 0 Å². The summed E-state index contributed by atoms with van der Waals surface area (Å²) >= 11 is 0. The fraction of sp³-hybridized carbons (Fsp3) is 0.0411. The molecule has 2 aromatic heterocycles. The van der Waals surface area contributed by atoms with Gasteiger partial charge in [-0.15, -0.1) is 0 Å². The molecule has 0 bridgehead atoms. The Hall–Kier alpha value is -10.3. The van der Waals surface area contributed by atoms with E-state index in [1.165, 1.54) is 33.0 Å². The minimum Gasteiger partial charge on any atom is -0.435 e. The molecule has 2 aliphatic rings. The smallest absolute Gasteiger partial charge is 0.227 e. The summed E-state index contributed by atoms with van der Waals surface area (Å²) < 4.78 is 15.1. The van der Waals surface area contributed by atoms with E-state index in [1.807, 2.05) is 0 Å². The number of anilines is 6. The van der Waals surface area contributed by atoms with Crippen LogP contribution in [0.4, 0.5) is 34.1 Å². The first-order valence-corrected chi connectivity index (χ1v) is 27.0. The first-order chi connectivity index (χ1) is 39.0. The number of fused-ring (bicyclic) bond motifs is 16. The van der Waals surface area contributed by atoms with Crippen molar-refractivity contribution in [1.82, 2.24) is 9.97 Å². The Morgan fingerprint density at radius 2 is 0.684 bits per heavy atom. The third kappa shape index (κ3) is 6.65. The second-order valence-electron chi connectivity index (χ2n) is 20.9. The van der Waals surface area contributed by atoms with Crippen molar-refractivity contribution in [3.63, 3.8) is 0 Å². The number of para-hydroxylation sites is 2. The maximum absolute atomic E-state index is 7.55. The Labute approximate surface area is 456 Å². The standard InChI is InChI=1S/C73H48N4O2/c1-45-21-9-15-31-55(45)71-74-67-63(76(51-27-5-3-6-28-51)53-39-37-47-23-11-13-25-49(47)41-53)43-61-65(69(67)78-71)66-62(73(61)59-35-19-17-33-57(59)58-34-18-20-36-60(58)73)44-64(68-70(66)79-72(75-68)56-32-16-10-22-46(56)2)77(52-29-7-4-8-30-52)54-40-38-48-24-12-14-26-50(48)42-54/h3-44H,1-2H3. The van der Waals surface area contributed by atoms with E-state index in [-0.39, 0.29) is 0 Å². The summed E-state index contributed by atoms with van der Waals surface area (Å²) in [4.78, 5) is 16.1. The van der Waals surface area contributed by atoms with Crippen molar-refractivity contribution in [3.8, 4) is 45.2 Å². The second-order valence-corrected chi connectivity index (χ2v) is 20.9. The molecule has 16 rings (SSSR count). The number of rotatable bonds is 8. The predicted octanol–water partition coefficient (Wildman–Crippen LogP) is 19.5. The number of aromatic nitrogens is 2. The van der Waals surface area contributed by atoms with Gasteiger partial charge in [-0.3, -0.25) is 0 Å². The summed E-state index contributed by atoms with van der Waals surface area (Å²) in [7, 11) is 0. The zero-order valence-electron chi connectivity index (χ0n) is 43.4. The van der Waals surface area contributed by atoms with Crippen molar-refractivity contribution in [2.75, 3.05) is 9.80 Å².